The molecule has 0 spiro atoms. The average Bonchev–Trinajstić information content (AvgIpc) is 2.26. The molecule has 0 aromatic heterocycles. The Morgan fingerprint density at radius 1 is 0.824 bits per heavy atom. The van der Waals surface area contributed by atoms with Crippen LogP contribution in [0.15, 0.2) is 12.2 Å². The van der Waals surface area contributed by atoms with Crippen molar-refractivity contribution in [2.75, 3.05) is 6.54 Å². The van der Waals surface area contributed by atoms with Gasteiger partial charge >= 0.3 is 0 Å². The van der Waals surface area contributed by atoms with Crippen LogP contribution in [-0.2, 0) is 0 Å². The molecule has 0 saturated carbocycles. The maximum atomic E-state index is 2.59. The number of rotatable bonds is 10. The molecule has 0 rings (SSSR count). The highest BCUT2D eigenvalue weighted by Gasteiger charge is 2.11. The Kier molecular flexibility index (Phi) is 10.6. The quantitative estimate of drug-likeness (QED) is 0.382. The van der Waals surface area contributed by atoms with Gasteiger partial charge in [0.05, 0.1) is 0 Å². The Labute approximate surface area is 109 Å². The van der Waals surface area contributed by atoms with Gasteiger partial charge in [-0.05, 0) is 59.9 Å². The molecule has 0 aliphatic rings. The summed E-state index contributed by atoms with van der Waals surface area (Å²) >= 11 is 0. The number of hydrogen-bond acceptors (Lipinski definition) is 1. The van der Waals surface area contributed by atoms with Crippen molar-refractivity contribution < 1.29 is 0 Å². The van der Waals surface area contributed by atoms with Crippen LogP contribution in [-0.4, -0.2) is 23.5 Å². The molecule has 0 N–H and O–H groups in total. The van der Waals surface area contributed by atoms with Gasteiger partial charge in [-0.1, -0.05) is 31.9 Å². The second-order valence-electron chi connectivity index (χ2n) is 5.51. The van der Waals surface area contributed by atoms with E-state index in [0.717, 1.165) is 0 Å². The maximum Gasteiger partial charge on any atom is 0.00412 e. The molecule has 0 atom stereocenters. The van der Waals surface area contributed by atoms with Crippen LogP contribution in [0, 0.1) is 0 Å². The van der Waals surface area contributed by atoms with Gasteiger partial charge in [0.1, 0.15) is 0 Å². The van der Waals surface area contributed by atoms with Crippen molar-refractivity contribution in [3.05, 3.63) is 12.2 Å². The largest absolute Gasteiger partial charge is 0.299 e. The van der Waals surface area contributed by atoms with Crippen molar-refractivity contribution >= 4 is 0 Å². The van der Waals surface area contributed by atoms with Crippen LogP contribution in [0.1, 0.15) is 73.1 Å². The van der Waals surface area contributed by atoms with Crippen LogP contribution >= 0.6 is 0 Å². The Bertz CT molecular complexity index is 174. The summed E-state index contributed by atoms with van der Waals surface area (Å²) < 4.78 is 0. The molecule has 0 fully saturated rings. The molecule has 0 heterocycles. The molecule has 0 saturated heterocycles. The van der Waals surface area contributed by atoms with Crippen molar-refractivity contribution in [3.63, 3.8) is 0 Å². The lowest BCUT2D eigenvalue weighted by Gasteiger charge is -2.30. The number of unbranched alkanes of at least 4 members (excludes halogenated alkanes) is 4. The van der Waals surface area contributed by atoms with Crippen LogP contribution < -0.4 is 0 Å². The average molecular weight is 239 g/mol. The van der Waals surface area contributed by atoms with Gasteiger partial charge in [-0.3, -0.25) is 4.90 Å². The van der Waals surface area contributed by atoms with Crippen LogP contribution in [0.25, 0.3) is 0 Å². The van der Waals surface area contributed by atoms with Gasteiger partial charge < -0.3 is 0 Å². The molecule has 0 aromatic rings. The van der Waals surface area contributed by atoms with E-state index < -0.39 is 0 Å². The van der Waals surface area contributed by atoms with Crippen molar-refractivity contribution in [1.82, 2.24) is 4.90 Å². The van der Waals surface area contributed by atoms with Crippen molar-refractivity contribution in [2.24, 2.45) is 0 Å². The van der Waals surface area contributed by atoms with E-state index >= 15 is 0 Å². The van der Waals surface area contributed by atoms with Gasteiger partial charge in [0.25, 0.3) is 0 Å². The highest BCUT2D eigenvalue weighted by atomic mass is 15.2. The van der Waals surface area contributed by atoms with Gasteiger partial charge in [-0.25, -0.2) is 0 Å². The predicted octanol–water partition coefficient (Wildman–Crippen LogP) is 5.02. The highest BCUT2D eigenvalue weighted by molar-refractivity contribution is 4.79. The standard InChI is InChI=1S/C16H33N/c1-6-7-8-9-10-11-12-13-14-17(15(2)3)16(4)5/h7-8,15-16H,6,9-14H2,1-5H3/b8-7+. The fraction of sp³-hybridized carbons (Fsp3) is 0.875. The van der Waals surface area contributed by atoms with Crippen LogP contribution in [0.5, 0.6) is 0 Å². The van der Waals surface area contributed by atoms with E-state index in [0.29, 0.717) is 12.1 Å². The minimum atomic E-state index is 0.683. The van der Waals surface area contributed by atoms with Gasteiger partial charge in [0.15, 0.2) is 0 Å². The predicted molar refractivity (Wildman–Crippen MR) is 79.5 cm³/mol. The van der Waals surface area contributed by atoms with Crippen molar-refractivity contribution in [3.8, 4) is 0 Å². The minimum absolute atomic E-state index is 0.683. The SMILES string of the molecule is CC/C=C/CCCCCCN(C(C)C)C(C)C. The fourth-order valence-electron chi connectivity index (χ4n) is 2.31. The van der Waals surface area contributed by atoms with Gasteiger partial charge in [-0.2, -0.15) is 0 Å². The highest BCUT2D eigenvalue weighted by Crippen LogP contribution is 2.09. The van der Waals surface area contributed by atoms with Crippen molar-refractivity contribution in [1.29, 1.82) is 0 Å². The van der Waals surface area contributed by atoms with E-state index in [-0.39, 0.29) is 0 Å². The maximum absolute atomic E-state index is 2.59. The summed E-state index contributed by atoms with van der Waals surface area (Å²) in [5.74, 6) is 0. The van der Waals surface area contributed by atoms with E-state index in [2.05, 4.69) is 51.7 Å². The molecule has 102 valence electrons. The smallest absolute Gasteiger partial charge is 0.00412 e. The van der Waals surface area contributed by atoms with E-state index in [1.807, 2.05) is 0 Å². The lowest BCUT2D eigenvalue weighted by atomic mass is 10.1. The van der Waals surface area contributed by atoms with Crippen LogP contribution in [0.2, 0.25) is 0 Å². The molecule has 0 amide bonds. The Hall–Kier alpha value is -0.300. The van der Waals surface area contributed by atoms with E-state index in [1.54, 1.807) is 0 Å². The second-order valence-corrected chi connectivity index (χ2v) is 5.51. The van der Waals surface area contributed by atoms with Gasteiger partial charge in [0, 0.05) is 12.1 Å². The second kappa shape index (κ2) is 10.8. The molecule has 0 aliphatic heterocycles. The molecule has 1 heteroatoms. The Morgan fingerprint density at radius 2 is 1.41 bits per heavy atom. The first-order valence-electron chi connectivity index (χ1n) is 7.50. The number of hydrogen-bond donors (Lipinski definition) is 0. The Balaban J connectivity index is 3.46. The third-order valence-corrected chi connectivity index (χ3v) is 3.27. The normalized spacial score (nSPS) is 12.5. The molecule has 17 heavy (non-hydrogen) atoms. The lowest BCUT2D eigenvalue weighted by molar-refractivity contribution is 0.171. The summed E-state index contributed by atoms with van der Waals surface area (Å²) in [6.45, 7) is 12.7. The summed E-state index contributed by atoms with van der Waals surface area (Å²) in [6.07, 6.45) is 12.5. The molecule has 1 nitrogen and oxygen atoms in total. The van der Waals surface area contributed by atoms with E-state index in [9.17, 15) is 0 Å². The molecular weight excluding hydrogens is 206 g/mol. The molecule has 0 radical (unpaired) electrons. The first kappa shape index (κ1) is 16.7. The van der Waals surface area contributed by atoms with E-state index in [1.165, 1.54) is 45.1 Å². The van der Waals surface area contributed by atoms with E-state index in [4.69, 9.17) is 0 Å². The zero-order valence-electron chi connectivity index (χ0n) is 12.7. The summed E-state index contributed by atoms with van der Waals surface area (Å²) in [4.78, 5) is 2.59. The topological polar surface area (TPSA) is 3.24 Å². The summed E-state index contributed by atoms with van der Waals surface area (Å²) in [5, 5.41) is 0. The first-order chi connectivity index (χ1) is 8.09. The van der Waals surface area contributed by atoms with Gasteiger partial charge in [0.2, 0.25) is 0 Å². The van der Waals surface area contributed by atoms with Crippen LogP contribution in [0.4, 0.5) is 0 Å². The monoisotopic (exact) mass is 239 g/mol. The molecular formula is C16H33N. The molecule has 0 aliphatic carbocycles. The summed E-state index contributed by atoms with van der Waals surface area (Å²) in [6, 6.07) is 1.37. The molecule has 0 bridgehead atoms. The first-order valence-corrected chi connectivity index (χ1v) is 7.50. The van der Waals surface area contributed by atoms with Crippen LogP contribution in [0.3, 0.4) is 0 Å². The van der Waals surface area contributed by atoms with Gasteiger partial charge in [-0.15, -0.1) is 0 Å². The lowest BCUT2D eigenvalue weighted by Crippen LogP contribution is -2.37. The van der Waals surface area contributed by atoms with Crippen molar-refractivity contribution in [2.45, 2.75) is 85.2 Å². The summed E-state index contributed by atoms with van der Waals surface area (Å²) in [7, 11) is 0. The zero-order valence-corrected chi connectivity index (χ0v) is 12.7. The number of nitrogens with zero attached hydrogens (tertiary/aromatic N) is 1. The third-order valence-electron chi connectivity index (χ3n) is 3.27. The molecule has 0 aromatic carbocycles. The zero-order chi connectivity index (χ0) is 13.1. The Morgan fingerprint density at radius 3 is 1.94 bits per heavy atom. The number of allylic oxidation sites excluding steroid dienone is 2. The summed E-state index contributed by atoms with van der Waals surface area (Å²) in [5.41, 5.74) is 0. The molecule has 0 unspecified atom stereocenters. The minimum Gasteiger partial charge on any atom is -0.299 e. The fourth-order valence-corrected chi connectivity index (χ4v) is 2.31. The third kappa shape index (κ3) is 9.41.